The maximum atomic E-state index is 12.7. The first-order chi connectivity index (χ1) is 14.2. The molecule has 8 nitrogen and oxygen atoms in total. The number of carbonyl (C=O) groups excluding carboxylic acids is 3. The fourth-order valence-electron chi connectivity index (χ4n) is 3.66. The summed E-state index contributed by atoms with van der Waals surface area (Å²) < 4.78 is 40.6. The average Bonchev–Trinajstić information content (AvgIpc) is 2.70. The van der Waals surface area contributed by atoms with Crippen molar-refractivity contribution in [3.05, 3.63) is 29.8 Å². The molecular weight excluding hydrogens is 405 g/mol. The summed E-state index contributed by atoms with van der Waals surface area (Å²) in [5, 5.41) is 2.72. The fraction of sp³-hybridized carbons (Fsp3) is 0.526. The second-order valence-corrected chi connectivity index (χ2v) is 7.22. The van der Waals surface area contributed by atoms with Crippen molar-refractivity contribution in [3.8, 4) is 5.75 Å². The molecule has 1 aromatic rings. The van der Waals surface area contributed by atoms with Crippen molar-refractivity contribution < 1.29 is 32.3 Å². The third-order valence-corrected chi connectivity index (χ3v) is 5.15. The number of nitrogens with two attached hydrogens (primary N) is 1. The summed E-state index contributed by atoms with van der Waals surface area (Å²) in [6.07, 6.45) is -2.81. The maximum absolute atomic E-state index is 12.7. The lowest BCUT2D eigenvalue weighted by Gasteiger charge is -2.45. The highest BCUT2D eigenvalue weighted by Crippen LogP contribution is 2.24. The van der Waals surface area contributed by atoms with Crippen molar-refractivity contribution >= 4 is 17.7 Å². The molecule has 30 heavy (non-hydrogen) atoms. The van der Waals surface area contributed by atoms with Gasteiger partial charge >= 0.3 is 6.36 Å². The molecule has 1 aromatic carbocycles. The Kier molecular flexibility index (Phi) is 6.49. The molecule has 3 rings (SSSR count). The van der Waals surface area contributed by atoms with Gasteiger partial charge in [-0.2, -0.15) is 0 Å². The van der Waals surface area contributed by atoms with Crippen molar-refractivity contribution in [2.75, 3.05) is 26.2 Å². The molecule has 2 saturated heterocycles. The van der Waals surface area contributed by atoms with E-state index in [2.05, 4.69) is 10.1 Å². The number of carbonyl (C=O) groups is 3. The first-order valence-electron chi connectivity index (χ1n) is 9.65. The van der Waals surface area contributed by atoms with E-state index in [-0.39, 0.29) is 37.0 Å². The Morgan fingerprint density at radius 3 is 2.50 bits per heavy atom. The van der Waals surface area contributed by atoms with Crippen LogP contribution < -0.4 is 15.8 Å². The van der Waals surface area contributed by atoms with Gasteiger partial charge in [0, 0.05) is 18.7 Å². The SMILES string of the molecule is NCCCC[C@@H]1NC(=O)[C@H]2CN(C(=O)c3ccc(OC(F)(F)F)cc3)CCN2C1=O. The summed E-state index contributed by atoms with van der Waals surface area (Å²) in [5.41, 5.74) is 5.63. The summed E-state index contributed by atoms with van der Waals surface area (Å²) in [5.74, 6) is -1.35. The lowest BCUT2D eigenvalue weighted by molar-refractivity contribution is -0.274. The molecule has 3 N–H and O–H groups in total. The van der Waals surface area contributed by atoms with Crippen LogP contribution in [-0.2, 0) is 9.59 Å². The van der Waals surface area contributed by atoms with Crippen LogP contribution in [-0.4, -0.2) is 72.1 Å². The Morgan fingerprint density at radius 2 is 1.87 bits per heavy atom. The van der Waals surface area contributed by atoms with Crippen molar-refractivity contribution in [2.45, 2.75) is 37.7 Å². The number of halogens is 3. The van der Waals surface area contributed by atoms with Crippen LogP contribution in [0.1, 0.15) is 29.6 Å². The highest BCUT2D eigenvalue weighted by atomic mass is 19.4. The van der Waals surface area contributed by atoms with Crippen molar-refractivity contribution in [2.24, 2.45) is 5.73 Å². The number of unbranched alkanes of at least 4 members (excludes halogenated alkanes) is 1. The molecule has 2 aliphatic heterocycles. The fourth-order valence-corrected chi connectivity index (χ4v) is 3.66. The zero-order valence-electron chi connectivity index (χ0n) is 16.2. The molecular formula is C19H23F3N4O4. The van der Waals surface area contributed by atoms with Gasteiger partial charge in [-0.15, -0.1) is 13.2 Å². The third kappa shape index (κ3) is 5.02. The number of alkyl halides is 3. The van der Waals surface area contributed by atoms with Crippen LogP contribution >= 0.6 is 0 Å². The number of amides is 3. The molecule has 0 spiro atoms. The smallest absolute Gasteiger partial charge is 0.406 e. The first-order valence-corrected chi connectivity index (χ1v) is 9.65. The quantitative estimate of drug-likeness (QED) is 0.654. The van der Waals surface area contributed by atoms with E-state index in [1.54, 1.807) is 0 Å². The molecule has 2 aliphatic rings. The first kappa shape index (κ1) is 21.9. The Hall–Kier alpha value is -2.82. The van der Waals surface area contributed by atoms with E-state index >= 15 is 0 Å². The van der Waals surface area contributed by atoms with E-state index in [0.717, 1.165) is 25.0 Å². The van der Waals surface area contributed by atoms with E-state index in [0.29, 0.717) is 13.0 Å². The number of ether oxygens (including phenoxy) is 1. The zero-order valence-corrected chi connectivity index (χ0v) is 16.2. The standard InChI is InChI=1S/C19H23F3N4O4/c20-19(21,22)30-13-6-4-12(5-7-13)17(28)25-9-10-26-15(11-25)16(27)24-14(18(26)29)3-1-2-8-23/h4-7,14-15H,1-3,8-11,23H2,(H,24,27)/t14-,15+/m0/s1. The monoisotopic (exact) mass is 428 g/mol. The van der Waals surface area contributed by atoms with Gasteiger partial charge in [0.25, 0.3) is 5.91 Å². The number of piperazine rings is 2. The predicted molar refractivity (Wildman–Crippen MR) is 99.4 cm³/mol. The minimum atomic E-state index is -4.81. The Balaban J connectivity index is 1.62. The van der Waals surface area contributed by atoms with E-state index in [1.165, 1.54) is 21.9 Å². The van der Waals surface area contributed by atoms with Gasteiger partial charge in [-0.05, 0) is 50.1 Å². The van der Waals surface area contributed by atoms with Crippen LogP contribution in [0, 0.1) is 0 Å². The summed E-state index contributed by atoms with van der Waals surface area (Å²) in [6.45, 7) is 0.976. The normalized spacial score (nSPS) is 21.9. The molecule has 2 atom stereocenters. The van der Waals surface area contributed by atoms with Crippen LogP contribution in [0.3, 0.4) is 0 Å². The molecule has 0 radical (unpaired) electrons. The van der Waals surface area contributed by atoms with Crippen LogP contribution in [0.2, 0.25) is 0 Å². The maximum Gasteiger partial charge on any atom is 0.573 e. The van der Waals surface area contributed by atoms with Gasteiger partial charge < -0.3 is 25.6 Å². The Bertz CT molecular complexity index is 800. The van der Waals surface area contributed by atoms with E-state index < -0.39 is 30.1 Å². The van der Waals surface area contributed by atoms with Crippen LogP contribution in [0.5, 0.6) is 5.75 Å². The van der Waals surface area contributed by atoms with Crippen molar-refractivity contribution in [1.29, 1.82) is 0 Å². The number of nitrogens with one attached hydrogen (secondary N) is 1. The number of benzene rings is 1. The number of nitrogens with zero attached hydrogens (tertiary/aromatic N) is 2. The molecule has 2 fully saturated rings. The van der Waals surface area contributed by atoms with Gasteiger partial charge in [-0.25, -0.2) is 0 Å². The molecule has 0 unspecified atom stereocenters. The van der Waals surface area contributed by atoms with Crippen molar-refractivity contribution in [3.63, 3.8) is 0 Å². The number of hydrogen-bond donors (Lipinski definition) is 2. The largest absolute Gasteiger partial charge is 0.573 e. The third-order valence-electron chi connectivity index (χ3n) is 5.15. The molecule has 0 bridgehead atoms. The van der Waals surface area contributed by atoms with Crippen LogP contribution in [0.25, 0.3) is 0 Å². The van der Waals surface area contributed by atoms with Crippen LogP contribution in [0.15, 0.2) is 24.3 Å². The number of fused-ring (bicyclic) bond motifs is 1. The summed E-state index contributed by atoms with van der Waals surface area (Å²) in [7, 11) is 0. The highest BCUT2D eigenvalue weighted by Gasteiger charge is 2.44. The molecule has 164 valence electrons. The van der Waals surface area contributed by atoms with Gasteiger partial charge in [-0.3, -0.25) is 14.4 Å². The summed E-state index contributed by atoms with van der Waals surface area (Å²) in [4.78, 5) is 40.8. The highest BCUT2D eigenvalue weighted by molar-refractivity contribution is 5.99. The Morgan fingerprint density at radius 1 is 1.17 bits per heavy atom. The molecule has 3 amide bonds. The molecule has 0 saturated carbocycles. The topological polar surface area (TPSA) is 105 Å². The summed E-state index contributed by atoms with van der Waals surface area (Å²) >= 11 is 0. The minimum Gasteiger partial charge on any atom is -0.406 e. The van der Waals surface area contributed by atoms with Gasteiger partial charge in [0.05, 0.1) is 6.54 Å². The number of rotatable bonds is 6. The second-order valence-electron chi connectivity index (χ2n) is 7.22. The van der Waals surface area contributed by atoms with E-state index in [9.17, 15) is 27.6 Å². The lowest BCUT2D eigenvalue weighted by atomic mass is 10.00. The van der Waals surface area contributed by atoms with Gasteiger partial charge in [0.2, 0.25) is 11.8 Å². The van der Waals surface area contributed by atoms with Crippen molar-refractivity contribution in [1.82, 2.24) is 15.1 Å². The molecule has 2 heterocycles. The molecule has 0 aliphatic carbocycles. The van der Waals surface area contributed by atoms with E-state index in [4.69, 9.17) is 5.73 Å². The van der Waals surface area contributed by atoms with Crippen LogP contribution in [0.4, 0.5) is 13.2 Å². The zero-order chi connectivity index (χ0) is 21.9. The minimum absolute atomic E-state index is 0.0206. The Labute approximate surface area is 171 Å². The predicted octanol–water partition coefficient (Wildman–Crippen LogP) is 0.866. The van der Waals surface area contributed by atoms with Gasteiger partial charge in [0.1, 0.15) is 17.8 Å². The average molecular weight is 428 g/mol. The second kappa shape index (κ2) is 8.90. The molecule has 0 aromatic heterocycles. The van der Waals surface area contributed by atoms with Gasteiger partial charge in [-0.1, -0.05) is 0 Å². The van der Waals surface area contributed by atoms with Gasteiger partial charge in [0.15, 0.2) is 0 Å². The number of hydrogen-bond acceptors (Lipinski definition) is 5. The van der Waals surface area contributed by atoms with E-state index in [1.807, 2.05) is 0 Å². The molecule has 11 heteroatoms. The lowest BCUT2D eigenvalue weighted by Crippen LogP contribution is -2.69. The summed E-state index contributed by atoms with van der Waals surface area (Å²) in [6, 6.07) is 3.21.